The number of nitrogens with one attached hydrogen (secondary N) is 1. The van der Waals surface area contributed by atoms with Crippen molar-refractivity contribution in [3.8, 4) is 0 Å². The third-order valence-corrected chi connectivity index (χ3v) is 6.27. The van der Waals surface area contributed by atoms with Gasteiger partial charge in [0.1, 0.15) is 0 Å². The van der Waals surface area contributed by atoms with Gasteiger partial charge in [-0.25, -0.2) is 4.98 Å². The lowest BCUT2D eigenvalue weighted by molar-refractivity contribution is -0.149. The fraction of sp³-hybridized carbons (Fsp3) is 0.714. The molecule has 2 fully saturated rings. The molecule has 8 heteroatoms. The number of piperazine rings is 1. The smallest absolute Gasteiger partial charge is 0.242 e. The summed E-state index contributed by atoms with van der Waals surface area (Å²) in [6, 6.07) is -0.178. The van der Waals surface area contributed by atoms with Crippen molar-refractivity contribution < 1.29 is 14.4 Å². The van der Waals surface area contributed by atoms with Crippen molar-refractivity contribution in [1.82, 2.24) is 24.7 Å². The van der Waals surface area contributed by atoms with Gasteiger partial charge in [-0.1, -0.05) is 13.8 Å². The quantitative estimate of drug-likeness (QED) is 0.773. The molecule has 0 bridgehead atoms. The zero-order chi connectivity index (χ0) is 21.3. The summed E-state index contributed by atoms with van der Waals surface area (Å²) in [5, 5.41) is 0. The summed E-state index contributed by atoms with van der Waals surface area (Å²) in [7, 11) is 1.82. The summed E-state index contributed by atoms with van der Waals surface area (Å²) in [5.74, 6) is 0.156. The van der Waals surface area contributed by atoms with Gasteiger partial charge in [0.15, 0.2) is 0 Å². The molecule has 0 aliphatic carbocycles. The number of nitrogens with zero attached hydrogens (tertiary/aromatic N) is 4. The number of H-pyrrole nitrogens is 1. The molecule has 3 heterocycles. The standard InChI is InChI=1S/C21H33N5O3/c1-6-24(5)21(29)16-8-15-10-25(19(27)9-17-14(4)22-12-23-17)11-20(28)26(15)18(16)7-13(2)3/h12-13,15-16,18H,6-11H2,1-5H3,(H,22,23)/t15-,16-,18-/m0/s1. The Morgan fingerprint density at radius 3 is 2.69 bits per heavy atom. The van der Waals surface area contributed by atoms with Crippen molar-refractivity contribution in [2.45, 2.75) is 59.0 Å². The molecule has 160 valence electrons. The van der Waals surface area contributed by atoms with Gasteiger partial charge in [0.2, 0.25) is 17.7 Å². The lowest BCUT2D eigenvalue weighted by atomic mass is 9.91. The molecule has 2 saturated heterocycles. The maximum atomic E-state index is 13.0. The number of hydrogen-bond acceptors (Lipinski definition) is 4. The molecule has 2 aliphatic heterocycles. The molecule has 3 atom stereocenters. The third-order valence-electron chi connectivity index (χ3n) is 6.27. The Morgan fingerprint density at radius 1 is 1.38 bits per heavy atom. The molecule has 8 nitrogen and oxygen atoms in total. The first-order valence-corrected chi connectivity index (χ1v) is 10.6. The van der Waals surface area contributed by atoms with Gasteiger partial charge in [0, 0.05) is 31.9 Å². The van der Waals surface area contributed by atoms with Crippen molar-refractivity contribution in [2.75, 3.05) is 26.7 Å². The van der Waals surface area contributed by atoms with Gasteiger partial charge < -0.3 is 19.7 Å². The molecule has 3 amide bonds. The molecule has 0 unspecified atom stereocenters. The highest BCUT2D eigenvalue weighted by atomic mass is 16.2. The molecule has 1 N–H and O–H groups in total. The number of rotatable bonds is 6. The summed E-state index contributed by atoms with van der Waals surface area (Å²) in [6.45, 7) is 9.30. The average molecular weight is 404 g/mol. The van der Waals surface area contributed by atoms with Crippen molar-refractivity contribution in [1.29, 1.82) is 0 Å². The molecule has 0 spiro atoms. The van der Waals surface area contributed by atoms with Gasteiger partial charge >= 0.3 is 0 Å². The van der Waals surface area contributed by atoms with Crippen molar-refractivity contribution in [3.05, 3.63) is 17.7 Å². The molecule has 3 rings (SSSR count). The molecule has 2 aliphatic rings. The Balaban J connectivity index is 1.77. The number of imidazole rings is 1. The maximum absolute atomic E-state index is 13.0. The fourth-order valence-electron chi connectivity index (χ4n) is 4.62. The van der Waals surface area contributed by atoms with Gasteiger partial charge in [0.25, 0.3) is 0 Å². The van der Waals surface area contributed by atoms with Gasteiger partial charge in [0.05, 0.1) is 36.9 Å². The molecule has 0 radical (unpaired) electrons. The van der Waals surface area contributed by atoms with Gasteiger partial charge in [-0.3, -0.25) is 14.4 Å². The second-order valence-corrected chi connectivity index (χ2v) is 8.77. The van der Waals surface area contributed by atoms with Crippen LogP contribution in [0.1, 0.15) is 45.0 Å². The first-order valence-electron chi connectivity index (χ1n) is 10.6. The van der Waals surface area contributed by atoms with Crippen LogP contribution in [0.5, 0.6) is 0 Å². The number of aryl methyl sites for hydroxylation is 1. The number of hydrogen-bond donors (Lipinski definition) is 1. The largest absolute Gasteiger partial charge is 0.348 e. The number of fused-ring (bicyclic) bond motifs is 1. The minimum absolute atomic E-state index is 0.0477. The summed E-state index contributed by atoms with van der Waals surface area (Å²) >= 11 is 0. The number of aromatic nitrogens is 2. The van der Waals surface area contributed by atoms with E-state index in [1.54, 1.807) is 16.1 Å². The van der Waals surface area contributed by atoms with E-state index in [1.165, 1.54) is 0 Å². The monoisotopic (exact) mass is 403 g/mol. The van der Waals surface area contributed by atoms with Crippen LogP contribution in [0.15, 0.2) is 6.33 Å². The van der Waals surface area contributed by atoms with E-state index < -0.39 is 0 Å². The fourth-order valence-corrected chi connectivity index (χ4v) is 4.62. The predicted octanol–water partition coefficient (Wildman–Crippen LogP) is 1.21. The first kappa shape index (κ1) is 21.3. The van der Waals surface area contributed by atoms with Gasteiger partial charge in [-0.05, 0) is 32.6 Å². The Bertz CT molecular complexity index is 774. The van der Waals surface area contributed by atoms with Crippen molar-refractivity contribution in [3.63, 3.8) is 0 Å². The van der Waals surface area contributed by atoms with Crippen LogP contribution in [0.4, 0.5) is 0 Å². The number of amides is 3. The lowest BCUT2D eigenvalue weighted by Crippen LogP contribution is -2.58. The Hall–Kier alpha value is -2.38. The molecule has 0 saturated carbocycles. The summed E-state index contributed by atoms with van der Waals surface area (Å²) in [4.78, 5) is 51.3. The van der Waals surface area contributed by atoms with Crippen molar-refractivity contribution in [2.24, 2.45) is 11.8 Å². The van der Waals surface area contributed by atoms with Crippen LogP contribution in [-0.4, -0.2) is 81.2 Å². The highest BCUT2D eigenvalue weighted by Gasteiger charge is 2.50. The summed E-state index contributed by atoms with van der Waals surface area (Å²) in [6.07, 6.45) is 3.19. The van der Waals surface area contributed by atoms with Crippen molar-refractivity contribution >= 4 is 17.7 Å². The summed E-state index contributed by atoms with van der Waals surface area (Å²) in [5.41, 5.74) is 1.58. The highest BCUT2D eigenvalue weighted by molar-refractivity contribution is 5.89. The highest BCUT2D eigenvalue weighted by Crippen LogP contribution is 2.37. The van der Waals surface area contributed by atoms with Crippen LogP contribution < -0.4 is 0 Å². The van der Waals surface area contributed by atoms with E-state index in [2.05, 4.69) is 23.8 Å². The second-order valence-electron chi connectivity index (χ2n) is 8.77. The molecular formula is C21H33N5O3. The topological polar surface area (TPSA) is 89.6 Å². The lowest BCUT2D eigenvalue weighted by Gasteiger charge is -2.40. The SMILES string of the molecule is CCN(C)C(=O)[C@H]1C[C@H]2CN(C(=O)Cc3nc[nH]c3C)CC(=O)N2[C@H]1CC(C)C. The Labute approximate surface area is 172 Å². The van der Waals surface area contributed by atoms with E-state index >= 15 is 0 Å². The minimum atomic E-state index is -0.195. The van der Waals surface area contributed by atoms with Crippen LogP contribution in [0.25, 0.3) is 0 Å². The van der Waals surface area contributed by atoms with E-state index in [4.69, 9.17) is 0 Å². The van der Waals surface area contributed by atoms with E-state index in [0.717, 1.165) is 12.1 Å². The zero-order valence-electron chi connectivity index (χ0n) is 18.1. The maximum Gasteiger partial charge on any atom is 0.242 e. The molecule has 1 aromatic heterocycles. The molecular weight excluding hydrogens is 370 g/mol. The summed E-state index contributed by atoms with van der Waals surface area (Å²) < 4.78 is 0. The van der Waals surface area contributed by atoms with E-state index in [9.17, 15) is 14.4 Å². The molecule has 1 aromatic rings. The normalized spacial score (nSPS) is 24.2. The number of carbonyl (C=O) groups is 3. The predicted molar refractivity (Wildman–Crippen MR) is 109 cm³/mol. The molecule has 0 aromatic carbocycles. The Morgan fingerprint density at radius 2 is 2.10 bits per heavy atom. The van der Waals surface area contributed by atoms with Crippen LogP contribution in [-0.2, 0) is 20.8 Å². The van der Waals surface area contributed by atoms with Crippen LogP contribution in [0.2, 0.25) is 0 Å². The Kier molecular flexibility index (Phi) is 6.29. The first-order chi connectivity index (χ1) is 13.7. The van der Waals surface area contributed by atoms with E-state index in [-0.39, 0.29) is 48.7 Å². The zero-order valence-corrected chi connectivity index (χ0v) is 18.1. The van der Waals surface area contributed by atoms with Crippen LogP contribution in [0, 0.1) is 18.8 Å². The van der Waals surface area contributed by atoms with E-state index in [1.807, 2.05) is 25.8 Å². The van der Waals surface area contributed by atoms with E-state index in [0.29, 0.717) is 31.1 Å². The number of aromatic amines is 1. The minimum Gasteiger partial charge on any atom is -0.348 e. The third kappa shape index (κ3) is 4.31. The molecule has 29 heavy (non-hydrogen) atoms. The number of carbonyl (C=O) groups excluding carboxylic acids is 3. The van der Waals surface area contributed by atoms with Gasteiger partial charge in [-0.15, -0.1) is 0 Å². The van der Waals surface area contributed by atoms with Gasteiger partial charge in [-0.2, -0.15) is 0 Å². The second kappa shape index (κ2) is 8.55. The van der Waals surface area contributed by atoms with Crippen LogP contribution in [0.3, 0.4) is 0 Å². The van der Waals surface area contributed by atoms with Crippen LogP contribution >= 0.6 is 0 Å². The average Bonchev–Trinajstić information content (AvgIpc) is 3.23.